The van der Waals surface area contributed by atoms with Crippen LogP contribution in [0.5, 0.6) is 0 Å². The third kappa shape index (κ3) is 3.04. The second kappa shape index (κ2) is 6.54. The first-order chi connectivity index (χ1) is 13.0. The Labute approximate surface area is 169 Å². The van der Waals surface area contributed by atoms with Crippen molar-refractivity contribution in [3.8, 4) is 0 Å². The van der Waals surface area contributed by atoms with E-state index in [1.54, 1.807) is 0 Å². The Bertz CT molecular complexity index is 683. The number of hydrogen-bond donors (Lipinski definition) is 1. The maximum absolute atomic E-state index is 13.0. The molecule has 2 aliphatic heterocycles. The van der Waals surface area contributed by atoms with Crippen LogP contribution in [0.2, 0.25) is 0 Å². The van der Waals surface area contributed by atoms with Crippen molar-refractivity contribution >= 4 is 23.5 Å². The zero-order valence-corrected chi connectivity index (χ0v) is 17.4. The molecule has 2 N–H and O–H groups in total. The molecule has 2 aliphatic carbocycles. The third-order valence-electron chi connectivity index (χ3n) is 6.48. The minimum Gasteiger partial charge on any atom is -0.438 e. The number of carbonyl (C=O) groups excluding carboxylic acids is 2. The lowest BCUT2D eigenvalue weighted by atomic mass is 9.54. The Kier molecular flexibility index (Phi) is 4.75. The largest absolute Gasteiger partial charge is 0.438 e. The van der Waals surface area contributed by atoms with Crippen LogP contribution in [0.25, 0.3) is 0 Å². The van der Waals surface area contributed by atoms with Crippen LogP contribution in [0, 0.1) is 17.8 Å². The van der Waals surface area contributed by atoms with Crippen molar-refractivity contribution in [3.05, 3.63) is 0 Å². The van der Waals surface area contributed by atoms with Gasteiger partial charge < -0.3 is 29.4 Å². The fraction of sp³-hybridized carbons (Fsp3) is 0.895. The maximum atomic E-state index is 13.0. The molecule has 0 unspecified atom stereocenters. The van der Waals surface area contributed by atoms with E-state index in [2.05, 4.69) is 0 Å². The minimum absolute atomic E-state index is 0.0594. The van der Waals surface area contributed by atoms with E-state index in [-0.39, 0.29) is 24.0 Å². The Hall–Kier alpha value is -0.930. The van der Waals surface area contributed by atoms with E-state index >= 15 is 0 Å². The number of amides is 1. The number of hydrogen-bond acceptors (Lipinski definition) is 7. The number of alkyl halides is 1. The number of carbonyl (C=O) groups is 2. The van der Waals surface area contributed by atoms with Crippen molar-refractivity contribution in [1.29, 1.82) is 0 Å². The molecule has 1 spiro atoms. The van der Waals surface area contributed by atoms with Crippen LogP contribution in [0.4, 0.5) is 4.79 Å². The van der Waals surface area contributed by atoms with Gasteiger partial charge in [-0.15, -0.1) is 11.6 Å². The summed E-state index contributed by atoms with van der Waals surface area (Å²) in [6.45, 7) is 7.65. The van der Waals surface area contributed by atoms with E-state index in [9.17, 15) is 9.59 Å². The lowest BCUT2D eigenvalue weighted by molar-refractivity contribution is -0.247. The summed E-state index contributed by atoms with van der Waals surface area (Å²) >= 11 is 6.12. The normalized spacial score (nSPS) is 45.8. The molecule has 158 valence electrons. The highest BCUT2D eigenvalue weighted by Gasteiger charge is 2.72. The maximum Gasteiger partial charge on any atom is 0.405 e. The summed E-state index contributed by atoms with van der Waals surface area (Å²) in [5.41, 5.74) is 4.43. The molecule has 0 radical (unpaired) electrons. The Morgan fingerprint density at radius 2 is 1.96 bits per heavy atom. The molecule has 4 fully saturated rings. The molecule has 0 aromatic carbocycles. The van der Waals surface area contributed by atoms with Gasteiger partial charge in [-0.05, 0) is 40.0 Å². The van der Waals surface area contributed by atoms with Crippen molar-refractivity contribution in [1.82, 2.24) is 0 Å². The van der Waals surface area contributed by atoms with Gasteiger partial charge in [0.15, 0.2) is 23.5 Å². The zero-order valence-electron chi connectivity index (χ0n) is 16.6. The van der Waals surface area contributed by atoms with Crippen molar-refractivity contribution < 1.29 is 33.3 Å². The summed E-state index contributed by atoms with van der Waals surface area (Å²) in [5, 5.41) is 0. The molecule has 0 aromatic rings. The van der Waals surface area contributed by atoms with E-state index in [4.69, 9.17) is 41.0 Å². The number of halogens is 1. The molecule has 2 saturated carbocycles. The molecular weight excluding hydrogens is 390 g/mol. The number of ketones is 1. The molecular formula is C19H28ClNO7. The molecule has 2 bridgehead atoms. The number of nitrogens with two attached hydrogens (primary N) is 1. The highest BCUT2D eigenvalue weighted by molar-refractivity contribution is 6.17. The number of fused-ring (bicyclic) bond motifs is 6. The first-order valence-corrected chi connectivity index (χ1v) is 10.3. The Morgan fingerprint density at radius 3 is 2.54 bits per heavy atom. The topological polar surface area (TPSA) is 106 Å². The molecule has 28 heavy (non-hydrogen) atoms. The average molecular weight is 418 g/mol. The number of primary amides is 1. The predicted octanol–water partition coefficient (Wildman–Crippen LogP) is 1.96. The summed E-state index contributed by atoms with van der Waals surface area (Å²) in [6.07, 6.45) is -2.11. The van der Waals surface area contributed by atoms with Gasteiger partial charge in [-0.1, -0.05) is 0 Å². The van der Waals surface area contributed by atoms with Gasteiger partial charge in [0.1, 0.15) is 11.7 Å². The molecule has 4 rings (SSSR count). The van der Waals surface area contributed by atoms with Crippen molar-refractivity contribution in [2.45, 2.75) is 76.0 Å². The molecule has 7 atom stereocenters. The smallest absolute Gasteiger partial charge is 0.405 e. The fourth-order valence-corrected chi connectivity index (χ4v) is 5.97. The van der Waals surface area contributed by atoms with Crippen LogP contribution in [0.15, 0.2) is 0 Å². The lowest BCUT2D eigenvalue weighted by Gasteiger charge is -2.56. The van der Waals surface area contributed by atoms with Crippen molar-refractivity contribution in [3.63, 3.8) is 0 Å². The van der Waals surface area contributed by atoms with E-state index < -0.39 is 47.5 Å². The van der Waals surface area contributed by atoms with Crippen LogP contribution in [-0.4, -0.2) is 59.9 Å². The van der Waals surface area contributed by atoms with Gasteiger partial charge in [-0.25, -0.2) is 4.79 Å². The molecule has 1 amide bonds. The second-order valence-electron chi connectivity index (χ2n) is 9.12. The van der Waals surface area contributed by atoms with E-state index in [1.807, 2.05) is 27.7 Å². The summed E-state index contributed by atoms with van der Waals surface area (Å²) in [6, 6.07) is 0. The van der Waals surface area contributed by atoms with Gasteiger partial charge in [-0.3, -0.25) is 4.79 Å². The van der Waals surface area contributed by atoms with Crippen LogP contribution in [0.3, 0.4) is 0 Å². The lowest BCUT2D eigenvalue weighted by Crippen LogP contribution is -2.70. The third-order valence-corrected chi connectivity index (χ3v) is 6.70. The van der Waals surface area contributed by atoms with Gasteiger partial charge in [0.25, 0.3) is 0 Å². The highest BCUT2D eigenvalue weighted by atomic mass is 35.5. The molecule has 9 heteroatoms. The van der Waals surface area contributed by atoms with Crippen LogP contribution >= 0.6 is 11.6 Å². The zero-order chi connectivity index (χ0) is 20.5. The highest BCUT2D eigenvalue weighted by Crippen LogP contribution is 2.59. The monoisotopic (exact) mass is 417 g/mol. The number of rotatable bonds is 3. The van der Waals surface area contributed by atoms with Gasteiger partial charge in [0.05, 0.1) is 12.7 Å². The average Bonchev–Trinajstić information content (AvgIpc) is 3.06. The van der Waals surface area contributed by atoms with Crippen LogP contribution in [0.1, 0.15) is 40.5 Å². The van der Waals surface area contributed by atoms with Gasteiger partial charge >= 0.3 is 6.09 Å². The first kappa shape index (κ1) is 20.3. The SMILES string of the molecule is CC1(C)O[C@H]2[C@@H]3[C@@H](CCCl)[C@@H](CC(=O)[C@H]3OC(N)=O)[C@@]3(COC(C)(C)O3)[C@H]2O1. The summed E-state index contributed by atoms with van der Waals surface area (Å²) in [4.78, 5) is 24.5. The minimum atomic E-state index is -0.974. The summed E-state index contributed by atoms with van der Waals surface area (Å²) in [7, 11) is 0. The fourth-order valence-electron chi connectivity index (χ4n) is 5.72. The standard InChI is InChI=1S/C19H28ClNO7/c1-17(2)24-8-19(28-17)10-7-11(22)13(25-16(21)23)12(9(10)5-6-20)14-15(19)27-18(3,4)26-14/h9-10,12-15H,5-8H2,1-4H3,(H2,21,23)/t9-,10+,12+,13+,14-,15-,19-/m0/s1. The quantitative estimate of drug-likeness (QED) is 0.699. The van der Waals surface area contributed by atoms with E-state index in [0.29, 0.717) is 18.9 Å². The summed E-state index contributed by atoms with van der Waals surface area (Å²) < 4.78 is 30.2. The Morgan fingerprint density at radius 1 is 1.25 bits per heavy atom. The second-order valence-corrected chi connectivity index (χ2v) is 9.50. The van der Waals surface area contributed by atoms with Gasteiger partial charge in [0, 0.05) is 24.1 Å². The number of Topliss-reactive ketones (excluding diaryl/α,β-unsaturated/α-hetero) is 1. The molecule has 0 aromatic heterocycles. The first-order valence-electron chi connectivity index (χ1n) is 9.74. The van der Waals surface area contributed by atoms with E-state index in [1.165, 1.54) is 0 Å². The van der Waals surface area contributed by atoms with Crippen LogP contribution in [-0.2, 0) is 28.5 Å². The van der Waals surface area contributed by atoms with Gasteiger partial charge in [0.2, 0.25) is 0 Å². The molecule has 2 saturated heterocycles. The Balaban J connectivity index is 1.82. The predicted molar refractivity (Wildman–Crippen MR) is 97.6 cm³/mol. The molecule has 8 nitrogen and oxygen atoms in total. The van der Waals surface area contributed by atoms with Crippen molar-refractivity contribution in [2.75, 3.05) is 12.5 Å². The summed E-state index contributed by atoms with van der Waals surface area (Å²) in [5.74, 6) is -2.10. The van der Waals surface area contributed by atoms with E-state index in [0.717, 1.165) is 0 Å². The molecule has 4 aliphatic rings. The number of ether oxygens (including phenoxy) is 5. The molecule has 2 heterocycles. The van der Waals surface area contributed by atoms with Crippen molar-refractivity contribution in [2.24, 2.45) is 23.5 Å². The van der Waals surface area contributed by atoms with Crippen LogP contribution < -0.4 is 5.73 Å². The van der Waals surface area contributed by atoms with Gasteiger partial charge in [-0.2, -0.15) is 0 Å².